The van der Waals surface area contributed by atoms with E-state index in [9.17, 15) is 0 Å². The summed E-state index contributed by atoms with van der Waals surface area (Å²) in [5, 5.41) is 4.98. The van der Waals surface area contributed by atoms with Crippen molar-refractivity contribution in [3.63, 3.8) is 0 Å². The Morgan fingerprint density at radius 1 is 1.35 bits per heavy atom. The largest absolute Gasteiger partial charge is 0.301 e. The molecule has 0 saturated heterocycles. The summed E-state index contributed by atoms with van der Waals surface area (Å²) < 4.78 is 0. The molecule has 106 valence electrons. The van der Waals surface area contributed by atoms with Gasteiger partial charge in [-0.25, -0.2) is 4.98 Å². The molecule has 1 aliphatic rings. The lowest BCUT2D eigenvalue weighted by Crippen LogP contribution is -2.24. The van der Waals surface area contributed by atoms with Gasteiger partial charge in [-0.15, -0.1) is 11.3 Å². The monoisotopic (exact) mass is 286 g/mol. The van der Waals surface area contributed by atoms with Gasteiger partial charge in [0.05, 0.1) is 11.7 Å². The van der Waals surface area contributed by atoms with E-state index >= 15 is 0 Å². The van der Waals surface area contributed by atoms with Gasteiger partial charge in [0.2, 0.25) is 0 Å². The second-order valence-electron chi connectivity index (χ2n) is 5.70. The summed E-state index contributed by atoms with van der Waals surface area (Å²) in [7, 11) is 0. The Labute approximate surface area is 125 Å². The van der Waals surface area contributed by atoms with E-state index in [-0.39, 0.29) is 6.04 Å². The van der Waals surface area contributed by atoms with E-state index in [1.54, 1.807) is 0 Å². The van der Waals surface area contributed by atoms with Crippen molar-refractivity contribution in [3.05, 3.63) is 51.0 Å². The van der Waals surface area contributed by atoms with Crippen LogP contribution in [0.4, 0.5) is 0 Å². The average Bonchev–Trinajstić information content (AvgIpc) is 3.18. The van der Waals surface area contributed by atoms with Crippen molar-refractivity contribution in [2.24, 2.45) is 0 Å². The van der Waals surface area contributed by atoms with E-state index in [0.29, 0.717) is 6.04 Å². The smallest absolute Gasteiger partial charge is 0.115 e. The van der Waals surface area contributed by atoms with Crippen molar-refractivity contribution in [2.75, 3.05) is 0 Å². The maximum absolute atomic E-state index is 4.87. The fourth-order valence-corrected chi connectivity index (χ4v) is 3.65. The lowest BCUT2D eigenvalue weighted by Gasteiger charge is -2.17. The molecule has 3 heteroatoms. The Morgan fingerprint density at radius 3 is 2.75 bits per heavy atom. The molecule has 1 atom stereocenters. The topological polar surface area (TPSA) is 24.9 Å². The van der Waals surface area contributed by atoms with E-state index in [4.69, 9.17) is 4.98 Å². The molecule has 1 aliphatic carbocycles. The predicted octanol–water partition coefficient (Wildman–Crippen LogP) is 4.16. The second-order valence-corrected chi connectivity index (χ2v) is 6.93. The van der Waals surface area contributed by atoms with E-state index in [1.165, 1.54) is 39.5 Å². The second kappa shape index (κ2) is 5.66. The molecule has 0 spiro atoms. The van der Waals surface area contributed by atoms with Crippen molar-refractivity contribution in [1.82, 2.24) is 10.3 Å². The average molecular weight is 286 g/mol. The molecule has 2 nitrogen and oxygen atoms in total. The third kappa shape index (κ3) is 2.94. The van der Waals surface area contributed by atoms with E-state index < -0.39 is 0 Å². The molecule has 0 bridgehead atoms. The van der Waals surface area contributed by atoms with Crippen LogP contribution < -0.4 is 5.32 Å². The van der Waals surface area contributed by atoms with Gasteiger partial charge in [0.15, 0.2) is 0 Å². The predicted molar refractivity (Wildman–Crippen MR) is 85.4 cm³/mol. The molecule has 0 radical (unpaired) electrons. The molecular weight excluding hydrogens is 264 g/mol. The third-order valence-corrected chi connectivity index (χ3v) is 4.92. The molecule has 1 unspecified atom stereocenters. The van der Waals surface area contributed by atoms with Crippen LogP contribution in [-0.4, -0.2) is 11.0 Å². The number of nitrogens with one attached hydrogen (secondary N) is 1. The van der Waals surface area contributed by atoms with Gasteiger partial charge < -0.3 is 5.32 Å². The first-order valence-corrected chi connectivity index (χ1v) is 8.28. The van der Waals surface area contributed by atoms with Crippen LogP contribution in [0, 0.1) is 13.8 Å². The molecule has 0 amide bonds. The van der Waals surface area contributed by atoms with Gasteiger partial charge in [0.1, 0.15) is 5.01 Å². The van der Waals surface area contributed by atoms with Gasteiger partial charge >= 0.3 is 0 Å². The van der Waals surface area contributed by atoms with E-state index in [2.05, 4.69) is 50.4 Å². The molecule has 1 aromatic carbocycles. The molecule has 3 rings (SSSR count). The summed E-state index contributed by atoms with van der Waals surface area (Å²) in [6, 6.07) is 9.73. The summed E-state index contributed by atoms with van der Waals surface area (Å²) in [5.41, 5.74) is 3.91. The number of aryl methyl sites for hydroxylation is 3. The van der Waals surface area contributed by atoms with E-state index in [0.717, 1.165) is 6.42 Å². The SMILES string of the molecule is CCc1nc(C(NC2CC2)c2cccc(C)c2)sc1C. The Hall–Kier alpha value is -1.19. The van der Waals surface area contributed by atoms with Gasteiger partial charge in [0.25, 0.3) is 0 Å². The molecular formula is C17H22N2S. The molecule has 20 heavy (non-hydrogen) atoms. The van der Waals surface area contributed by atoms with Crippen LogP contribution in [0.1, 0.15) is 52.5 Å². The summed E-state index contributed by atoms with van der Waals surface area (Å²) in [4.78, 5) is 6.23. The summed E-state index contributed by atoms with van der Waals surface area (Å²) in [5.74, 6) is 0. The third-order valence-electron chi connectivity index (χ3n) is 3.85. The highest BCUT2D eigenvalue weighted by molar-refractivity contribution is 7.11. The zero-order valence-electron chi connectivity index (χ0n) is 12.4. The molecule has 1 fully saturated rings. The number of hydrogen-bond acceptors (Lipinski definition) is 3. The maximum atomic E-state index is 4.87. The first kappa shape index (κ1) is 13.8. The zero-order chi connectivity index (χ0) is 14.1. The minimum Gasteiger partial charge on any atom is -0.301 e. The number of nitrogens with zero attached hydrogens (tertiary/aromatic N) is 1. The van der Waals surface area contributed by atoms with Crippen LogP contribution in [0.3, 0.4) is 0 Å². The Kier molecular flexibility index (Phi) is 3.90. The van der Waals surface area contributed by atoms with Gasteiger partial charge in [-0.3, -0.25) is 0 Å². The highest BCUT2D eigenvalue weighted by atomic mass is 32.1. The van der Waals surface area contributed by atoms with Crippen LogP contribution in [0.15, 0.2) is 24.3 Å². The van der Waals surface area contributed by atoms with Gasteiger partial charge in [-0.05, 0) is 38.7 Å². The Bertz CT molecular complexity index is 599. The lowest BCUT2D eigenvalue weighted by molar-refractivity contribution is 0.596. The minimum absolute atomic E-state index is 0.256. The van der Waals surface area contributed by atoms with Crippen molar-refractivity contribution < 1.29 is 0 Å². The molecule has 1 heterocycles. The highest BCUT2D eigenvalue weighted by Crippen LogP contribution is 2.32. The first-order chi connectivity index (χ1) is 9.67. The quantitative estimate of drug-likeness (QED) is 0.892. The van der Waals surface area contributed by atoms with Crippen molar-refractivity contribution in [3.8, 4) is 0 Å². The zero-order valence-corrected chi connectivity index (χ0v) is 13.3. The molecule has 2 aromatic rings. The highest BCUT2D eigenvalue weighted by Gasteiger charge is 2.28. The first-order valence-electron chi connectivity index (χ1n) is 7.46. The van der Waals surface area contributed by atoms with Crippen LogP contribution in [0.25, 0.3) is 0 Å². The van der Waals surface area contributed by atoms with Crippen molar-refractivity contribution >= 4 is 11.3 Å². The molecule has 0 aliphatic heterocycles. The summed E-state index contributed by atoms with van der Waals surface area (Å²) in [6.07, 6.45) is 3.62. The van der Waals surface area contributed by atoms with Gasteiger partial charge in [-0.1, -0.05) is 36.8 Å². The number of aromatic nitrogens is 1. The molecule has 1 aromatic heterocycles. The molecule has 1 saturated carbocycles. The van der Waals surface area contributed by atoms with Gasteiger partial charge in [-0.2, -0.15) is 0 Å². The fourth-order valence-electron chi connectivity index (χ4n) is 2.55. The Balaban J connectivity index is 1.96. The lowest BCUT2D eigenvalue weighted by atomic mass is 10.0. The maximum Gasteiger partial charge on any atom is 0.115 e. The van der Waals surface area contributed by atoms with Gasteiger partial charge in [0, 0.05) is 10.9 Å². The van der Waals surface area contributed by atoms with E-state index in [1.807, 2.05) is 11.3 Å². The van der Waals surface area contributed by atoms with Crippen LogP contribution in [0.2, 0.25) is 0 Å². The van der Waals surface area contributed by atoms with Crippen LogP contribution in [0.5, 0.6) is 0 Å². The summed E-state index contributed by atoms with van der Waals surface area (Å²) >= 11 is 1.84. The normalized spacial score (nSPS) is 16.4. The fraction of sp³-hybridized carbons (Fsp3) is 0.471. The van der Waals surface area contributed by atoms with Crippen LogP contribution in [-0.2, 0) is 6.42 Å². The van der Waals surface area contributed by atoms with Crippen molar-refractivity contribution in [2.45, 2.75) is 52.1 Å². The number of benzene rings is 1. The van der Waals surface area contributed by atoms with Crippen molar-refractivity contribution in [1.29, 1.82) is 0 Å². The van der Waals surface area contributed by atoms with Crippen LogP contribution >= 0.6 is 11.3 Å². The number of thiazole rings is 1. The summed E-state index contributed by atoms with van der Waals surface area (Å²) in [6.45, 7) is 6.52. The standard InChI is InChI=1S/C17H22N2S/c1-4-15-12(3)20-17(19-15)16(18-14-8-9-14)13-7-5-6-11(2)10-13/h5-7,10,14,16,18H,4,8-9H2,1-3H3. The molecule has 1 N–H and O–H groups in total. The Morgan fingerprint density at radius 2 is 2.15 bits per heavy atom. The number of hydrogen-bond donors (Lipinski definition) is 1. The number of rotatable bonds is 5. The minimum atomic E-state index is 0.256.